The van der Waals surface area contributed by atoms with Crippen LogP contribution in [-0.4, -0.2) is 88.8 Å². The number of nitrogens with one attached hydrogen (secondary N) is 1. The number of halogens is 1. The molecule has 2 fully saturated rings. The van der Waals surface area contributed by atoms with Crippen molar-refractivity contribution in [1.82, 2.24) is 14.5 Å². The lowest BCUT2D eigenvalue weighted by molar-refractivity contribution is 0.0536. The van der Waals surface area contributed by atoms with E-state index in [4.69, 9.17) is 16.3 Å². The Kier molecular flexibility index (Phi) is 9.79. The molecule has 262 valence electrons. The Morgan fingerprint density at radius 3 is 2.58 bits per heavy atom. The van der Waals surface area contributed by atoms with Crippen LogP contribution in [0.5, 0.6) is 5.75 Å². The van der Waals surface area contributed by atoms with Gasteiger partial charge in [-0.05, 0) is 124 Å². The van der Waals surface area contributed by atoms with Gasteiger partial charge in [0.1, 0.15) is 5.75 Å². The molecule has 1 spiro atoms. The summed E-state index contributed by atoms with van der Waals surface area (Å²) in [5.41, 5.74) is 3.67. The van der Waals surface area contributed by atoms with Crippen molar-refractivity contribution in [1.29, 1.82) is 0 Å². The van der Waals surface area contributed by atoms with Crippen LogP contribution >= 0.6 is 11.6 Å². The van der Waals surface area contributed by atoms with E-state index in [1.54, 1.807) is 13.0 Å². The van der Waals surface area contributed by atoms with Gasteiger partial charge < -0.3 is 19.4 Å². The highest BCUT2D eigenvalue weighted by Crippen LogP contribution is 2.48. The van der Waals surface area contributed by atoms with Gasteiger partial charge in [0, 0.05) is 61.8 Å². The molecule has 1 saturated carbocycles. The van der Waals surface area contributed by atoms with E-state index in [0.29, 0.717) is 29.9 Å². The zero-order valence-corrected chi connectivity index (χ0v) is 30.5. The summed E-state index contributed by atoms with van der Waals surface area (Å²) >= 11 is 6.48. The lowest BCUT2D eigenvalue weighted by Crippen LogP contribution is -2.51. The first-order valence-corrected chi connectivity index (χ1v) is 20.2. The Labute approximate surface area is 292 Å². The first-order chi connectivity index (χ1) is 23.0. The molecule has 10 heteroatoms. The fraction of sp³-hybridized carbons (Fsp3) is 0.658. The first-order valence-electron chi connectivity index (χ1n) is 18.3. The zero-order valence-electron chi connectivity index (χ0n) is 28.9. The molecule has 3 heterocycles. The topological polar surface area (TPSA) is 82.2 Å². The number of likely N-dealkylation sites (N-methyl/N-ethyl adjacent to an activating group) is 1. The summed E-state index contributed by atoms with van der Waals surface area (Å²) < 4.78 is 36.1. The number of rotatable bonds is 2. The predicted octanol–water partition coefficient (Wildman–Crippen LogP) is 5.97. The van der Waals surface area contributed by atoms with Crippen LogP contribution in [0.15, 0.2) is 36.4 Å². The molecule has 2 aromatic rings. The van der Waals surface area contributed by atoms with Crippen molar-refractivity contribution in [3.05, 3.63) is 58.1 Å². The Hall–Kier alpha value is -2.33. The number of carbonyl (C=O) groups excluding carboxylic acids is 1. The largest absolute Gasteiger partial charge is 0.490 e. The van der Waals surface area contributed by atoms with Gasteiger partial charge in [-0.2, -0.15) is 0 Å². The van der Waals surface area contributed by atoms with Crippen LogP contribution in [-0.2, 0) is 21.9 Å². The normalized spacial score (nSPS) is 33.0. The second-order valence-corrected chi connectivity index (χ2v) is 18.2. The zero-order chi connectivity index (χ0) is 33.6. The number of benzene rings is 2. The second-order valence-electron chi connectivity index (χ2n) is 15.7. The molecule has 0 radical (unpaired) electrons. The number of nitrogens with zero attached hydrogens (tertiary/aromatic N) is 3. The monoisotopic (exact) mass is 696 g/mol. The van der Waals surface area contributed by atoms with Crippen LogP contribution in [0.2, 0.25) is 5.02 Å². The summed E-state index contributed by atoms with van der Waals surface area (Å²) in [6, 6.07) is 11.8. The fourth-order valence-corrected chi connectivity index (χ4v) is 10.8. The van der Waals surface area contributed by atoms with Crippen LogP contribution < -0.4 is 14.4 Å². The molecule has 5 aliphatic rings. The molecule has 0 aromatic heterocycles. The third-order valence-electron chi connectivity index (χ3n) is 12.7. The molecular weight excluding hydrogens is 644 g/mol. The lowest BCUT2D eigenvalue weighted by atomic mass is 9.65. The highest BCUT2D eigenvalue weighted by atomic mass is 35.5. The minimum Gasteiger partial charge on any atom is -0.490 e. The standard InChI is InChI=1S/C38H53ClN4O4S/c1-26-6-4-7-30(22-42-18-16-41(3)17-19-42)33-12-9-31(33)23-43-24-38(15-5-8-28-20-32(39)11-13-34(28)38)25-47-36-14-10-29(21-35(36)43)37(44)40-48(45,46)27(26)2/h10-11,13-14,20-21,26-27,30-31,33H,4-9,12,15-19,22-25H2,1-3H3,(H,40,44)/t26-,27+,30-,31-,33-,38-/m0/s1. The van der Waals surface area contributed by atoms with Crippen LogP contribution in [0.1, 0.15) is 80.3 Å². The van der Waals surface area contributed by atoms with E-state index in [1.165, 1.54) is 24.0 Å². The van der Waals surface area contributed by atoms with Crippen LogP contribution in [0, 0.1) is 23.7 Å². The SMILES string of the molecule is C[C@@H]1[C@@H](C)CCC[C@@H](CN2CCN(C)CC2)[C@@H]2CC[C@H]2CN2C[C@@]3(CCCc4cc(Cl)ccc43)COc3ccc(cc32)C(=O)NS1(=O)=O. The summed E-state index contributed by atoms with van der Waals surface area (Å²) in [7, 11) is -1.64. The van der Waals surface area contributed by atoms with Crippen molar-refractivity contribution in [2.24, 2.45) is 23.7 Å². The Morgan fingerprint density at radius 1 is 1.00 bits per heavy atom. The van der Waals surface area contributed by atoms with E-state index in [2.05, 4.69) is 38.6 Å². The van der Waals surface area contributed by atoms with Crippen molar-refractivity contribution in [2.75, 3.05) is 64.4 Å². The predicted molar refractivity (Wildman–Crippen MR) is 193 cm³/mol. The van der Waals surface area contributed by atoms with Gasteiger partial charge in [-0.15, -0.1) is 0 Å². The van der Waals surface area contributed by atoms with Crippen LogP contribution in [0.25, 0.3) is 0 Å². The molecule has 6 atom stereocenters. The number of anilines is 1. The van der Waals surface area contributed by atoms with Crippen LogP contribution in [0.3, 0.4) is 0 Å². The summed E-state index contributed by atoms with van der Waals surface area (Å²) in [5, 5.41) is 0.106. The minimum atomic E-state index is -3.85. The number of sulfonamides is 1. The van der Waals surface area contributed by atoms with Crippen molar-refractivity contribution < 1.29 is 17.9 Å². The summed E-state index contributed by atoms with van der Waals surface area (Å²) in [6.45, 7) is 11.6. The van der Waals surface area contributed by atoms with Crippen molar-refractivity contribution in [3.63, 3.8) is 0 Å². The van der Waals surface area contributed by atoms with Crippen LogP contribution in [0.4, 0.5) is 5.69 Å². The Balaban J connectivity index is 1.26. The molecule has 2 bridgehead atoms. The third kappa shape index (κ3) is 6.86. The highest BCUT2D eigenvalue weighted by molar-refractivity contribution is 7.90. The van der Waals surface area contributed by atoms with Gasteiger partial charge >= 0.3 is 0 Å². The van der Waals surface area contributed by atoms with Gasteiger partial charge in [0.15, 0.2) is 0 Å². The van der Waals surface area contributed by atoms with E-state index in [1.807, 2.05) is 25.1 Å². The number of hydrogen-bond donors (Lipinski definition) is 1. The number of piperazine rings is 1. The molecule has 1 saturated heterocycles. The molecule has 48 heavy (non-hydrogen) atoms. The maximum Gasteiger partial charge on any atom is 0.264 e. The van der Waals surface area contributed by atoms with E-state index in [0.717, 1.165) is 101 Å². The molecule has 2 aromatic carbocycles. The molecule has 8 nitrogen and oxygen atoms in total. The second kappa shape index (κ2) is 13.8. The number of amides is 1. The summed E-state index contributed by atoms with van der Waals surface area (Å²) in [5.74, 6) is 1.90. The molecule has 7 rings (SSSR count). The van der Waals surface area contributed by atoms with E-state index < -0.39 is 21.2 Å². The number of ether oxygens (including phenoxy) is 1. The third-order valence-corrected chi connectivity index (χ3v) is 14.8. The molecule has 2 aliphatic carbocycles. The van der Waals surface area contributed by atoms with Gasteiger partial charge in [-0.3, -0.25) is 4.79 Å². The number of carbonyl (C=O) groups is 1. The molecule has 3 aliphatic heterocycles. The lowest BCUT2D eigenvalue weighted by Gasteiger charge is -2.48. The maximum absolute atomic E-state index is 13.5. The van der Waals surface area contributed by atoms with Crippen molar-refractivity contribution in [3.8, 4) is 5.75 Å². The summed E-state index contributed by atoms with van der Waals surface area (Å²) in [4.78, 5) is 21.1. The van der Waals surface area contributed by atoms with Gasteiger partial charge in [0.25, 0.3) is 5.91 Å². The first kappa shape index (κ1) is 34.1. The fourth-order valence-electron chi connectivity index (χ4n) is 9.31. The average molecular weight is 697 g/mol. The minimum absolute atomic E-state index is 0.0509. The van der Waals surface area contributed by atoms with Crippen molar-refractivity contribution in [2.45, 2.75) is 75.9 Å². The smallest absolute Gasteiger partial charge is 0.264 e. The highest BCUT2D eigenvalue weighted by Gasteiger charge is 2.45. The Bertz CT molecular complexity index is 1610. The number of aryl methyl sites for hydroxylation is 1. The van der Waals surface area contributed by atoms with Gasteiger partial charge in [-0.25, -0.2) is 13.1 Å². The Morgan fingerprint density at radius 2 is 1.81 bits per heavy atom. The molecule has 1 amide bonds. The quantitative estimate of drug-likeness (QED) is 0.415. The molecule has 1 N–H and O–H groups in total. The average Bonchev–Trinajstić information content (AvgIpc) is 3.19. The van der Waals surface area contributed by atoms with E-state index >= 15 is 0 Å². The molecular formula is C38H53ClN4O4S. The van der Waals surface area contributed by atoms with Gasteiger partial charge in [-0.1, -0.05) is 31.0 Å². The van der Waals surface area contributed by atoms with E-state index in [9.17, 15) is 13.2 Å². The van der Waals surface area contributed by atoms with Gasteiger partial charge in [0.2, 0.25) is 10.0 Å². The molecule has 0 unspecified atom stereocenters. The number of hydrogen-bond acceptors (Lipinski definition) is 7. The van der Waals surface area contributed by atoms with Gasteiger partial charge in [0.05, 0.1) is 17.5 Å². The van der Waals surface area contributed by atoms with Crippen molar-refractivity contribution >= 4 is 33.2 Å². The van der Waals surface area contributed by atoms with E-state index in [-0.39, 0.29) is 11.3 Å². The summed E-state index contributed by atoms with van der Waals surface area (Å²) in [6.07, 6.45) is 8.51. The number of fused-ring (bicyclic) bond motifs is 4. The maximum atomic E-state index is 13.5.